The molecule has 15 heavy (non-hydrogen) atoms. The normalized spacial score (nSPS) is 13.1. The van der Waals surface area contributed by atoms with E-state index >= 15 is 0 Å². The maximum Gasteiger partial charge on any atom is 0.413 e. The molecule has 0 spiro atoms. The first-order valence-electron chi connectivity index (χ1n) is 4.38. The number of sulfone groups is 1. The first-order chi connectivity index (χ1) is 6.77. The molecular formula is C7H14F3NO3S. The molecule has 0 aliphatic heterocycles. The molecule has 0 fully saturated rings. The Labute approximate surface area is 86.7 Å². The lowest BCUT2D eigenvalue weighted by Crippen LogP contribution is -2.26. The van der Waals surface area contributed by atoms with Gasteiger partial charge in [-0.15, -0.1) is 0 Å². The number of halogens is 3. The maximum absolute atomic E-state index is 11.5. The molecule has 1 N–H and O–H groups in total. The Morgan fingerprint density at radius 1 is 1.33 bits per heavy atom. The van der Waals surface area contributed by atoms with E-state index in [2.05, 4.69) is 10.3 Å². The molecule has 0 aromatic rings. The summed E-state index contributed by atoms with van der Waals surface area (Å²) < 4.78 is 56.5. The van der Waals surface area contributed by atoms with Crippen LogP contribution in [0, 0.1) is 0 Å². The van der Waals surface area contributed by atoms with Crippen molar-refractivity contribution >= 4 is 9.84 Å². The van der Waals surface area contributed by atoms with Crippen LogP contribution >= 0.6 is 0 Å². The summed E-state index contributed by atoms with van der Waals surface area (Å²) in [6.45, 7) is 0.214. The first-order valence-corrected chi connectivity index (χ1v) is 6.21. The smallest absolute Gasteiger partial charge is 0.292 e. The van der Waals surface area contributed by atoms with Crippen LogP contribution in [0.15, 0.2) is 0 Å². The monoisotopic (exact) mass is 249 g/mol. The second-order valence-corrected chi connectivity index (χ2v) is 5.36. The zero-order valence-electron chi connectivity index (χ0n) is 8.30. The Balaban J connectivity index is 3.42. The van der Waals surface area contributed by atoms with Crippen LogP contribution < -0.4 is 5.48 Å². The lowest BCUT2D eigenvalue weighted by molar-refractivity contribution is -0.189. The van der Waals surface area contributed by atoms with Crippen molar-refractivity contribution in [1.29, 1.82) is 0 Å². The molecule has 92 valence electrons. The van der Waals surface area contributed by atoms with Crippen LogP contribution in [0.4, 0.5) is 13.2 Å². The number of hydroxylamine groups is 1. The van der Waals surface area contributed by atoms with Crippen LogP contribution in [0.1, 0.15) is 13.3 Å². The molecule has 0 saturated carbocycles. The molecule has 0 aromatic heterocycles. The molecular weight excluding hydrogens is 235 g/mol. The van der Waals surface area contributed by atoms with Gasteiger partial charge in [-0.3, -0.25) is 4.84 Å². The Bertz CT molecular complexity index is 263. The molecule has 0 rings (SSSR count). The predicted molar refractivity (Wildman–Crippen MR) is 49.0 cm³/mol. The summed E-state index contributed by atoms with van der Waals surface area (Å²) in [6.07, 6.45) is -4.14. The van der Waals surface area contributed by atoms with Gasteiger partial charge in [0.15, 0.2) is 6.61 Å². The molecule has 0 aliphatic rings. The first kappa shape index (κ1) is 14.7. The third kappa shape index (κ3) is 9.95. The molecule has 0 amide bonds. The molecule has 0 atom stereocenters. The van der Waals surface area contributed by atoms with Gasteiger partial charge in [0.05, 0.1) is 5.75 Å². The van der Waals surface area contributed by atoms with Crippen LogP contribution in [-0.2, 0) is 14.7 Å². The summed E-state index contributed by atoms with van der Waals surface area (Å²) in [4.78, 5) is 4.08. The van der Waals surface area contributed by atoms with Crippen molar-refractivity contribution in [1.82, 2.24) is 5.48 Å². The Hall–Kier alpha value is -0.340. The molecule has 0 aromatic carbocycles. The second-order valence-electron chi connectivity index (χ2n) is 2.89. The quantitative estimate of drug-likeness (QED) is 0.538. The highest BCUT2D eigenvalue weighted by Crippen LogP contribution is 2.13. The largest absolute Gasteiger partial charge is 0.413 e. The SMILES string of the molecule is CCS(=O)(=O)CCCNOCC(F)(F)F. The van der Waals surface area contributed by atoms with E-state index < -0.39 is 22.6 Å². The van der Waals surface area contributed by atoms with Gasteiger partial charge in [0.2, 0.25) is 0 Å². The van der Waals surface area contributed by atoms with Gasteiger partial charge in [-0.2, -0.15) is 13.2 Å². The highest BCUT2D eigenvalue weighted by Gasteiger charge is 2.27. The number of alkyl halides is 3. The minimum atomic E-state index is -4.37. The highest BCUT2D eigenvalue weighted by molar-refractivity contribution is 7.91. The summed E-state index contributed by atoms with van der Waals surface area (Å²) in [6, 6.07) is 0. The molecule has 4 nitrogen and oxygen atoms in total. The van der Waals surface area contributed by atoms with E-state index in [4.69, 9.17) is 0 Å². The van der Waals surface area contributed by atoms with Gasteiger partial charge in [-0.25, -0.2) is 13.9 Å². The fraction of sp³-hybridized carbons (Fsp3) is 1.00. The average Bonchev–Trinajstić information content (AvgIpc) is 2.09. The summed E-state index contributed by atoms with van der Waals surface area (Å²) in [5, 5.41) is 0. The van der Waals surface area contributed by atoms with E-state index in [0.717, 1.165) is 0 Å². The van der Waals surface area contributed by atoms with E-state index in [1.807, 2.05) is 0 Å². The highest BCUT2D eigenvalue weighted by atomic mass is 32.2. The molecule has 0 saturated heterocycles. The summed E-state index contributed by atoms with van der Waals surface area (Å²) >= 11 is 0. The van der Waals surface area contributed by atoms with E-state index in [1.54, 1.807) is 0 Å². The fourth-order valence-corrected chi connectivity index (χ4v) is 1.59. The number of nitrogens with one attached hydrogen (secondary N) is 1. The number of rotatable bonds is 7. The van der Waals surface area contributed by atoms with Gasteiger partial charge < -0.3 is 0 Å². The summed E-state index contributed by atoms with van der Waals surface area (Å²) in [5.41, 5.74) is 2.05. The van der Waals surface area contributed by atoms with Crippen LogP contribution in [0.25, 0.3) is 0 Å². The van der Waals surface area contributed by atoms with Crippen LogP contribution in [-0.4, -0.2) is 39.3 Å². The van der Waals surface area contributed by atoms with Crippen molar-refractivity contribution in [2.45, 2.75) is 19.5 Å². The van der Waals surface area contributed by atoms with Gasteiger partial charge in [0.1, 0.15) is 9.84 Å². The lowest BCUT2D eigenvalue weighted by atomic mass is 10.5. The van der Waals surface area contributed by atoms with Crippen molar-refractivity contribution in [3.63, 3.8) is 0 Å². The minimum Gasteiger partial charge on any atom is -0.292 e. The number of hydrogen-bond acceptors (Lipinski definition) is 4. The van der Waals surface area contributed by atoms with Crippen molar-refractivity contribution in [2.75, 3.05) is 24.7 Å². The van der Waals surface area contributed by atoms with Crippen molar-refractivity contribution in [3.8, 4) is 0 Å². The van der Waals surface area contributed by atoms with Crippen molar-refractivity contribution in [3.05, 3.63) is 0 Å². The van der Waals surface area contributed by atoms with Gasteiger partial charge in [-0.05, 0) is 6.42 Å². The van der Waals surface area contributed by atoms with Crippen molar-refractivity contribution < 1.29 is 26.4 Å². The van der Waals surface area contributed by atoms with E-state index in [1.165, 1.54) is 6.92 Å². The van der Waals surface area contributed by atoms with Gasteiger partial charge in [-0.1, -0.05) is 6.92 Å². The van der Waals surface area contributed by atoms with Crippen LogP contribution in [0.5, 0.6) is 0 Å². The zero-order chi connectivity index (χ0) is 11.9. The van der Waals surface area contributed by atoms with Gasteiger partial charge in [0, 0.05) is 12.3 Å². The molecule has 8 heteroatoms. The standard InChI is InChI=1S/C7H14F3NO3S/c1-2-15(12,13)5-3-4-11-14-6-7(8,9)10/h11H,2-6H2,1H3. The van der Waals surface area contributed by atoms with E-state index in [0.29, 0.717) is 0 Å². The van der Waals surface area contributed by atoms with E-state index in [9.17, 15) is 21.6 Å². The third-order valence-corrected chi connectivity index (χ3v) is 3.30. The average molecular weight is 249 g/mol. The molecule has 0 unspecified atom stereocenters. The topological polar surface area (TPSA) is 55.4 Å². The molecule has 0 bridgehead atoms. The molecule has 0 radical (unpaired) electrons. The summed E-state index contributed by atoms with van der Waals surface area (Å²) in [5.74, 6) is -0.0116. The third-order valence-electron chi connectivity index (χ3n) is 1.51. The Morgan fingerprint density at radius 2 is 1.93 bits per heavy atom. The molecule has 0 heterocycles. The molecule has 0 aliphatic carbocycles. The maximum atomic E-state index is 11.5. The van der Waals surface area contributed by atoms with Gasteiger partial charge in [0.25, 0.3) is 0 Å². The lowest BCUT2D eigenvalue weighted by Gasteiger charge is -2.08. The van der Waals surface area contributed by atoms with Gasteiger partial charge >= 0.3 is 6.18 Å². The van der Waals surface area contributed by atoms with Crippen molar-refractivity contribution in [2.24, 2.45) is 0 Å². The Morgan fingerprint density at radius 3 is 2.40 bits per heavy atom. The minimum absolute atomic E-state index is 0.0381. The summed E-state index contributed by atoms with van der Waals surface area (Å²) in [7, 11) is -3.05. The Kier molecular flexibility index (Phi) is 6.15. The second kappa shape index (κ2) is 6.29. The fourth-order valence-electron chi connectivity index (χ4n) is 0.714. The zero-order valence-corrected chi connectivity index (χ0v) is 9.12. The van der Waals surface area contributed by atoms with Crippen LogP contribution in [0.3, 0.4) is 0 Å². The number of hydrogen-bond donors (Lipinski definition) is 1. The van der Waals surface area contributed by atoms with Crippen LogP contribution in [0.2, 0.25) is 0 Å². The van der Waals surface area contributed by atoms with E-state index in [-0.39, 0.29) is 24.5 Å². The predicted octanol–water partition coefficient (Wildman–Crippen LogP) is 0.895.